The highest BCUT2D eigenvalue weighted by Crippen LogP contribution is 2.33. The van der Waals surface area contributed by atoms with Crippen LogP contribution in [0.25, 0.3) is 10.6 Å². The van der Waals surface area contributed by atoms with E-state index >= 15 is 0 Å². The van der Waals surface area contributed by atoms with E-state index in [1.54, 1.807) is 6.92 Å². The zero-order valence-corrected chi connectivity index (χ0v) is 18.0. The molecule has 2 aromatic rings. The first-order chi connectivity index (χ1) is 14.0. The molecule has 1 aromatic carbocycles. The second-order valence-corrected chi connectivity index (χ2v) is 10.3. The molecule has 0 N–H and O–H groups in total. The number of amides is 1. The smallest absolute Gasteiger partial charge is 0.383 e. The van der Waals surface area contributed by atoms with Gasteiger partial charge in [-0.15, -0.1) is 11.3 Å². The lowest BCUT2D eigenvalue weighted by molar-refractivity contribution is -0.137. The van der Waals surface area contributed by atoms with E-state index in [4.69, 9.17) is 4.74 Å². The van der Waals surface area contributed by atoms with Crippen molar-refractivity contribution in [3.05, 3.63) is 40.4 Å². The number of hydrogen-bond donors (Lipinski definition) is 0. The van der Waals surface area contributed by atoms with Gasteiger partial charge < -0.3 is 9.64 Å². The molecule has 1 unspecified atom stereocenters. The van der Waals surface area contributed by atoms with Crippen LogP contribution in [0.4, 0.5) is 13.2 Å². The van der Waals surface area contributed by atoms with E-state index in [0.717, 1.165) is 23.5 Å². The van der Waals surface area contributed by atoms with Crippen LogP contribution >= 0.6 is 11.3 Å². The van der Waals surface area contributed by atoms with Crippen molar-refractivity contribution in [2.75, 3.05) is 31.8 Å². The van der Waals surface area contributed by atoms with E-state index in [-0.39, 0.29) is 30.6 Å². The maximum atomic E-state index is 13.2. The number of carbonyl (C=O) groups is 1. The third kappa shape index (κ3) is 5.01. The Kier molecular flexibility index (Phi) is 6.54. The predicted molar refractivity (Wildman–Crippen MR) is 107 cm³/mol. The quantitative estimate of drug-likeness (QED) is 0.658. The number of sulfone groups is 1. The zero-order valence-electron chi connectivity index (χ0n) is 16.4. The summed E-state index contributed by atoms with van der Waals surface area (Å²) in [7, 11) is -1.69. The summed E-state index contributed by atoms with van der Waals surface area (Å²) in [5, 5.41) is 0.426. The number of aryl methyl sites for hydroxylation is 1. The molecule has 164 valence electrons. The van der Waals surface area contributed by atoms with Gasteiger partial charge in [0.15, 0.2) is 9.84 Å². The predicted octanol–water partition coefficient (Wildman–Crippen LogP) is 3.41. The molecule has 1 fully saturated rings. The van der Waals surface area contributed by atoms with Gasteiger partial charge in [0.2, 0.25) is 0 Å². The van der Waals surface area contributed by atoms with E-state index in [2.05, 4.69) is 4.98 Å². The fourth-order valence-electron chi connectivity index (χ4n) is 3.31. The summed E-state index contributed by atoms with van der Waals surface area (Å²) in [4.78, 5) is 19.4. The first-order valence-corrected chi connectivity index (χ1v) is 11.8. The Labute approximate surface area is 176 Å². The van der Waals surface area contributed by atoms with Gasteiger partial charge >= 0.3 is 6.18 Å². The third-order valence-corrected chi connectivity index (χ3v) is 7.84. The Morgan fingerprint density at radius 1 is 1.30 bits per heavy atom. The van der Waals surface area contributed by atoms with E-state index in [1.807, 2.05) is 0 Å². The molecule has 1 aliphatic rings. The van der Waals surface area contributed by atoms with Gasteiger partial charge in [0.1, 0.15) is 9.88 Å². The number of alkyl halides is 3. The topological polar surface area (TPSA) is 76.6 Å². The number of hydrogen-bond acceptors (Lipinski definition) is 6. The van der Waals surface area contributed by atoms with Crippen molar-refractivity contribution in [2.45, 2.75) is 25.6 Å². The summed E-state index contributed by atoms with van der Waals surface area (Å²) in [6.45, 7) is 2.14. The molecule has 3 rings (SSSR count). The largest absolute Gasteiger partial charge is 0.416 e. The molecule has 0 bridgehead atoms. The van der Waals surface area contributed by atoms with Crippen molar-refractivity contribution >= 4 is 27.1 Å². The molecule has 0 aliphatic carbocycles. The second kappa shape index (κ2) is 8.64. The number of methoxy groups -OCH3 is 1. The summed E-state index contributed by atoms with van der Waals surface area (Å²) < 4.78 is 67.1. The lowest BCUT2D eigenvalue weighted by Crippen LogP contribution is -2.43. The van der Waals surface area contributed by atoms with E-state index in [0.29, 0.717) is 27.6 Å². The van der Waals surface area contributed by atoms with Gasteiger partial charge in [0.25, 0.3) is 5.91 Å². The van der Waals surface area contributed by atoms with Crippen LogP contribution in [-0.2, 0) is 20.8 Å². The molecular weight excluding hydrogens is 441 g/mol. The molecule has 0 radical (unpaired) electrons. The first-order valence-electron chi connectivity index (χ1n) is 9.17. The van der Waals surface area contributed by atoms with Crippen molar-refractivity contribution < 1.29 is 31.1 Å². The van der Waals surface area contributed by atoms with E-state index in [9.17, 15) is 26.4 Å². The number of nitrogens with zero attached hydrogens (tertiary/aromatic N) is 2. The van der Waals surface area contributed by atoms with Gasteiger partial charge in [0, 0.05) is 25.3 Å². The molecule has 1 aromatic heterocycles. The second-order valence-electron chi connectivity index (χ2n) is 7.06. The monoisotopic (exact) mass is 462 g/mol. The molecule has 6 nitrogen and oxygen atoms in total. The van der Waals surface area contributed by atoms with Crippen molar-refractivity contribution in [1.29, 1.82) is 0 Å². The Morgan fingerprint density at radius 3 is 2.50 bits per heavy atom. The van der Waals surface area contributed by atoms with Crippen LogP contribution in [0.2, 0.25) is 0 Å². The molecule has 1 aliphatic heterocycles. The van der Waals surface area contributed by atoms with Crippen LogP contribution < -0.4 is 0 Å². The lowest BCUT2D eigenvalue weighted by Gasteiger charge is -2.27. The van der Waals surface area contributed by atoms with Crippen molar-refractivity contribution in [3.63, 3.8) is 0 Å². The highest BCUT2D eigenvalue weighted by atomic mass is 32.2. The van der Waals surface area contributed by atoms with Crippen LogP contribution in [0.3, 0.4) is 0 Å². The summed E-state index contributed by atoms with van der Waals surface area (Å²) in [5.74, 6) is -0.402. The number of ether oxygens (including phenoxy) is 1. The Balaban J connectivity index is 1.87. The van der Waals surface area contributed by atoms with Gasteiger partial charge in [-0.2, -0.15) is 13.2 Å². The number of carbonyl (C=O) groups excluding carboxylic acids is 1. The molecule has 1 saturated heterocycles. The van der Waals surface area contributed by atoms with Crippen molar-refractivity contribution in [2.24, 2.45) is 0 Å². The van der Waals surface area contributed by atoms with Gasteiger partial charge in [0.05, 0.1) is 29.4 Å². The van der Waals surface area contributed by atoms with E-state index < -0.39 is 27.6 Å². The Morgan fingerprint density at radius 2 is 1.97 bits per heavy atom. The Bertz CT molecular complexity index is 1020. The standard InChI is InChI=1S/C19H21F3N2O4S2/c1-12-16(18(25)24(8-9-28-2)15-7-10-30(26,27)11-15)29-17(23-12)13-3-5-14(6-4-13)19(20,21)22/h3-6,15H,7-11H2,1-2H3. The molecule has 2 heterocycles. The van der Waals surface area contributed by atoms with Gasteiger partial charge in [-0.1, -0.05) is 12.1 Å². The maximum Gasteiger partial charge on any atom is 0.416 e. The van der Waals surface area contributed by atoms with Crippen LogP contribution in [0.1, 0.15) is 27.3 Å². The Hall–Kier alpha value is -1.98. The number of rotatable bonds is 6. The molecule has 0 saturated carbocycles. The number of aromatic nitrogens is 1. The molecule has 1 atom stereocenters. The molecule has 11 heteroatoms. The number of halogens is 3. The lowest BCUT2D eigenvalue weighted by atomic mass is 10.1. The fourth-order valence-corrected chi connectivity index (χ4v) is 6.07. The van der Waals surface area contributed by atoms with Crippen molar-refractivity contribution in [3.8, 4) is 10.6 Å². The highest BCUT2D eigenvalue weighted by Gasteiger charge is 2.36. The SMILES string of the molecule is COCCN(C(=O)c1sc(-c2ccc(C(F)(F)F)cc2)nc1C)C1CCS(=O)(=O)C1. The van der Waals surface area contributed by atoms with Gasteiger partial charge in [-0.05, 0) is 25.5 Å². The van der Waals surface area contributed by atoms with Crippen LogP contribution in [0.5, 0.6) is 0 Å². The number of benzene rings is 1. The third-order valence-electron chi connectivity index (χ3n) is 4.90. The minimum atomic E-state index is -4.43. The van der Waals surface area contributed by atoms with Gasteiger partial charge in [-0.3, -0.25) is 4.79 Å². The minimum absolute atomic E-state index is 0.0346. The van der Waals surface area contributed by atoms with Crippen LogP contribution in [0, 0.1) is 6.92 Å². The molecular formula is C19H21F3N2O4S2. The van der Waals surface area contributed by atoms with Crippen molar-refractivity contribution in [1.82, 2.24) is 9.88 Å². The summed E-state index contributed by atoms with van der Waals surface area (Å²) >= 11 is 1.08. The van der Waals surface area contributed by atoms with E-state index in [1.165, 1.54) is 24.1 Å². The fraction of sp³-hybridized carbons (Fsp3) is 0.474. The maximum absolute atomic E-state index is 13.2. The van der Waals surface area contributed by atoms with Crippen LogP contribution in [-0.4, -0.2) is 62.0 Å². The molecule has 30 heavy (non-hydrogen) atoms. The zero-order chi connectivity index (χ0) is 22.1. The average Bonchev–Trinajstić information content (AvgIpc) is 3.23. The first kappa shape index (κ1) is 22.7. The minimum Gasteiger partial charge on any atom is -0.383 e. The van der Waals surface area contributed by atoms with Gasteiger partial charge in [-0.25, -0.2) is 13.4 Å². The normalized spacial score (nSPS) is 18.5. The molecule has 1 amide bonds. The summed E-state index contributed by atoms with van der Waals surface area (Å²) in [6.07, 6.45) is -4.07. The summed E-state index contributed by atoms with van der Waals surface area (Å²) in [6, 6.07) is 4.15. The van der Waals surface area contributed by atoms with Crippen LogP contribution in [0.15, 0.2) is 24.3 Å². The summed E-state index contributed by atoms with van der Waals surface area (Å²) in [5.41, 5.74) is 0.161. The highest BCUT2D eigenvalue weighted by molar-refractivity contribution is 7.91. The average molecular weight is 463 g/mol. The molecule has 0 spiro atoms. The number of thiazole rings is 1.